The molecule has 0 bridgehead atoms. The highest BCUT2D eigenvalue weighted by Crippen LogP contribution is 2.17. The van der Waals surface area contributed by atoms with Gasteiger partial charge in [-0.2, -0.15) is 0 Å². The topological polar surface area (TPSA) is 70.2 Å². The third kappa shape index (κ3) is 5.17. The van der Waals surface area contributed by atoms with Gasteiger partial charge in [0.05, 0.1) is 11.8 Å². The molecule has 0 radical (unpaired) electrons. The summed E-state index contributed by atoms with van der Waals surface area (Å²) in [7, 11) is 0. The third-order valence-corrected chi connectivity index (χ3v) is 4.71. The quantitative estimate of drug-likeness (QED) is 0.744. The Morgan fingerprint density at radius 2 is 1.19 bits per heavy atom. The van der Waals surface area contributed by atoms with Crippen LogP contribution in [-0.4, -0.2) is 24.9 Å². The highest BCUT2D eigenvalue weighted by molar-refractivity contribution is 5.82. The van der Waals surface area contributed by atoms with Gasteiger partial charge >= 0.3 is 0 Å². The van der Waals surface area contributed by atoms with Crippen LogP contribution in [0.5, 0.6) is 0 Å². The Hall–Kier alpha value is -2.66. The van der Waals surface area contributed by atoms with Gasteiger partial charge in [0.15, 0.2) is 0 Å². The van der Waals surface area contributed by atoms with Crippen molar-refractivity contribution in [3.05, 3.63) is 71.8 Å². The van der Waals surface area contributed by atoms with E-state index in [-0.39, 0.29) is 23.7 Å². The first-order chi connectivity index (χ1) is 12.7. The summed E-state index contributed by atoms with van der Waals surface area (Å²) in [6.07, 6.45) is 0.578. The van der Waals surface area contributed by atoms with Gasteiger partial charge in [-0.25, -0.2) is 0 Å². The van der Waals surface area contributed by atoms with E-state index in [1.165, 1.54) is 0 Å². The van der Waals surface area contributed by atoms with E-state index in [1.807, 2.05) is 60.7 Å². The normalized spacial score (nSPS) is 19.5. The molecule has 0 saturated carbocycles. The van der Waals surface area contributed by atoms with Gasteiger partial charge in [-0.15, -0.1) is 0 Å². The smallest absolute Gasteiger partial charge is 0.224 e. The average Bonchev–Trinajstić information content (AvgIpc) is 2.72. The molecule has 2 atom stereocenters. The largest absolute Gasteiger partial charge is 0.352 e. The Kier molecular flexibility index (Phi) is 6.39. The van der Waals surface area contributed by atoms with Gasteiger partial charge in [0.25, 0.3) is 0 Å². The summed E-state index contributed by atoms with van der Waals surface area (Å²) in [6, 6.07) is 19.7. The molecule has 0 spiro atoms. The van der Waals surface area contributed by atoms with Crippen LogP contribution in [0.1, 0.15) is 17.5 Å². The van der Waals surface area contributed by atoms with Crippen molar-refractivity contribution in [3.63, 3.8) is 0 Å². The van der Waals surface area contributed by atoms with Crippen molar-refractivity contribution in [3.8, 4) is 0 Å². The van der Waals surface area contributed by atoms with E-state index in [0.29, 0.717) is 32.6 Å². The molecule has 136 valence electrons. The highest BCUT2D eigenvalue weighted by atomic mass is 16.2. The van der Waals surface area contributed by atoms with E-state index >= 15 is 0 Å². The predicted octanol–water partition coefficient (Wildman–Crippen LogP) is 1.84. The molecule has 3 N–H and O–H groups in total. The lowest BCUT2D eigenvalue weighted by molar-refractivity contribution is -0.129. The number of benzene rings is 2. The number of rotatable bonds is 6. The van der Waals surface area contributed by atoms with Gasteiger partial charge in [-0.1, -0.05) is 60.7 Å². The minimum atomic E-state index is -0.181. The second-order valence-electron chi connectivity index (χ2n) is 6.69. The van der Waals surface area contributed by atoms with Crippen LogP contribution in [0.2, 0.25) is 0 Å². The van der Waals surface area contributed by atoms with Crippen molar-refractivity contribution in [1.29, 1.82) is 0 Å². The highest BCUT2D eigenvalue weighted by Gasteiger charge is 2.30. The zero-order chi connectivity index (χ0) is 18.2. The zero-order valence-corrected chi connectivity index (χ0v) is 14.8. The van der Waals surface area contributed by atoms with Crippen molar-refractivity contribution < 1.29 is 9.59 Å². The summed E-state index contributed by atoms with van der Waals surface area (Å²) >= 11 is 0. The third-order valence-electron chi connectivity index (χ3n) is 4.71. The summed E-state index contributed by atoms with van der Waals surface area (Å²) < 4.78 is 0. The molecular formula is C21H25N3O2. The molecule has 1 aliphatic heterocycles. The van der Waals surface area contributed by atoms with E-state index in [9.17, 15) is 9.59 Å². The minimum absolute atomic E-state index is 0.00177. The Bertz CT molecular complexity index is 657. The monoisotopic (exact) mass is 351 g/mol. The van der Waals surface area contributed by atoms with Crippen LogP contribution in [0.4, 0.5) is 0 Å². The van der Waals surface area contributed by atoms with E-state index < -0.39 is 0 Å². The minimum Gasteiger partial charge on any atom is -0.352 e. The number of hydrogen-bond acceptors (Lipinski definition) is 3. The summed E-state index contributed by atoms with van der Waals surface area (Å²) in [5.74, 6) is -0.358. The van der Waals surface area contributed by atoms with Gasteiger partial charge in [-0.3, -0.25) is 9.59 Å². The fourth-order valence-electron chi connectivity index (χ4n) is 3.20. The van der Waals surface area contributed by atoms with Crippen molar-refractivity contribution in [1.82, 2.24) is 16.0 Å². The van der Waals surface area contributed by atoms with Gasteiger partial charge in [-0.05, 0) is 17.5 Å². The van der Waals surface area contributed by atoms with Crippen LogP contribution in [0.25, 0.3) is 0 Å². The Balaban J connectivity index is 1.47. The Morgan fingerprint density at radius 1 is 0.769 bits per heavy atom. The Labute approximate surface area is 154 Å². The number of carbonyl (C=O) groups is 2. The lowest BCUT2D eigenvalue weighted by Gasteiger charge is -2.28. The molecule has 3 rings (SSSR count). The number of carbonyl (C=O) groups excluding carboxylic acids is 2. The molecule has 0 aromatic heterocycles. The maximum absolute atomic E-state index is 12.4. The van der Waals surface area contributed by atoms with Crippen LogP contribution in [0.15, 0.2) is 60.7 Å². The van der Waals surface area contributed by atoms with E-state index in [1.54, 1.807) is 0 Å². The molecule has 5 heteroatoms. The van der Waals surface area contributed by atoms with Crippen LogP contribution in [0.3, 0.4) is 0 Å². The first-order valence-corrected chi connectivity index (χ1v) is 9.06. The van der Waals surface area contributed by atoms with Crippen LogP contribution >= 0.6 is 0 Å². The molecule has 0 unspecified atom stereocenters. The van der Waals surface area contributed by atoms with Crippen LogP contribution in [0, 0.1) is 11.8 Å². The summed E-state index contributed by atoms with van der Waals surface area (Å²) in [4.78, 5) is 24.9. The van der Waals surface area contributed by atoms with Crippen LogP contribution in [-0.2, 0) is 22.7 Å². The summed E-state index contributed by atoms with van der Waals surface area (Å²) in [5.41, 5.74) is 2.14. The van der Waals surface area contributed by atoms with E-state index in [4.69, 9.17) is 0 Å². The summed E-state index contributed by atoms with van der Waals surface area (Å²) in [5, 5.41) is 9.17. The number of nitrogens with one attached hydrogen (secondary N) is 3. The second-order valence-corrected chi connectivity index (χ2v) is 6.69. The summed E-state index contributed by atoms with van der Waals surface area (Å²) in [6.45, 7) is 2.26. The molecule has 2 amide bonds. The number of amides is 2. The lowest BCUT2D eigenvalue weighted by atomic mass is 9.89. The Morgan fingerprint density at radius 3 is 1.62 bits per heavy atom. The molecule has 1 saturated heterocycles. The molecule has 26 heavy (non-hydrogen) atoms. The number of piperidine rings is 1. The lowest BCUT2D eigenvalue weighted by Crippen LogP contribution is -2.48. The van der Waals surface area contributed by atoms with Gasteiger partial charge in [0, 0.05) is 26.2 Å². The predicted molar refractivity (Wildman–Crippen MR) is 101 cm³/mol. The van der Waals surface area contributed by atoms with Crippen LogP contribution < -0.4 is 16.0 Å². The van der Waals surface area contributed by atoms with Gasteiger partial charge < -0.3 is 16.0 Å². The van der Waals surface area contributed by atoms with Crippen molar-refractivity contribution in [2.75, 3.05) is 13.1 Å². The molecule has 1 heterocycles. The molecule has 2 aromatic carbocycles. The maximum Gasteiger partial charge on any atom is 0.224 e. The maximum atomic E-state index is 12.4. The molecule has 1 aliphatic rings. The van der Waals surface area contributed by atoms with Crippen molar-refractivity contribution in [2.24, 2.45) is 11.8 Å². The number of hydrogen-bond donors (Lipinski definition) is 3. The second kappa shape index (κ2) is 9.15. The van der Waals surface area contributed by atoms with Gasteiger partial charge in [0.2, 0.25) is 11.8 Å². The first-order valence-electron chi connectivity index (χ1n) is 9.06. The van der Waals surface area contributed by atoms with E-state index in [2.05, 4.69) is 16.0 Å². The van der Waals surface area contributed by atoms with Crippen molar-refractivity contribution in [2.45, 2.75) is 19.5 Å². The molecule has 1 fully saturated rings. The average molecular weight is 351 g/mol. The van der Waals surface area contributed by atoms with E-state index in [0.717, 1.165) is 11.1 Å². The molecular weight excluding hydrogens is 326 g/mol. The molecule has 2 aromatic rings. The van der Waals surface area contributed by atoms with Gasteiger partial charge in [0.1, 0.15) is 0 Å². The zero-order valence-electron chi connectivity index (χ0n) is 14.8. The van der Waals surface area contributed by atoms with Crippen molar-refractivity contribution >= 4 is 11.8 Å². The fourth-order valence-corrected chi connectivity index (χ4v) is 3.20. The SMILES string of the molecule is O=C(NCc1ccccc1)[C@@H]1CNC[C@@H](C(=O)NCc2ccccc2)C1. The molecule has 5 nitrogen and oxygen atoms in total. The first kappa shape index (κ1) is 18.1. The standard InChI is InChI=1S/C21H25N3O2/c25-20(23-12-16-7-3-1-4-8-16)18-11-19(15-22-14-18)21(26)24-13-17-9-5-2-6-10-17/h1-10,18-19,22H,11-15H2,(H,23,25)(H,24,26)/t18-,19-/m0/s1. The molecule has 0 aliphatic carbocycles. The fraction of sp³-hybridized carbons (Fsp3) is 0.333.